The monoisotopic (exact) mass is 292 g/mol. The minimum absolute atomic E-state index is 0.0541. The number of carbonyl (C=O) groups excluding carboxylic acids is 2. The summed E-state index contributed by atoms with van der Waals surface area (Å²) in [5.74, 6) is 2.38. The zero-order valence-corrected chi connectivity index (χ0v) is 13.1. The molecule has 0 aromatic rings. The number of hydrogen-bond donors (Lipinski definition) is 2. The van der Waals surface area contributed by atoms with E-state index < -0.39 is 0 Å². The van der Waals surface area contributed by atoms with Gasteiger partial charge in [-0.15, -0.1) is 0 Å². The van der Waals surface area contributed by atoms with Crippen LogP contribution < -0.4 is 10.6 Å². The normalized spacial score (nSPS) is 36.5. The minimum atomic E-state index is -0.140. The maximum atomic E-state index is 12.6. The molecule has 2 amide bonds. The maximum Gasteiger partial charge on any atom is 0.239 e. The number of rotatable bonds is 6. The van der Waals surface area contributed by atoms with Crippen LogP contribution in [0, 0.1) is 23.2 Å². The van der Waals surface area contributed by atoms with Gasteiger partial charge in [0.2, 0.25) is 11.8 Å². The van der Waals surface area contributed by atoms with Gasteiger partial charge in [0.05, 0.1) is 6.54 Å². The van der Waals surface area contributed by atoms with Crippen molar-refractivity contribution in [3.8, 4) is 0 Å². The lowest BCUT2D eigenvalue weighted by Gasteiger charge is -2.55. The van der Waals surface area contributed by atoms with Gasteiger partial charge in [-0.3, -0.25) is 9.59 Å². The van der Waals surface area contributed by atoms with Crippen molar-refractivity contribution in [1.29, 1.82) is 0 Å². The molecule has 4 aliphatic rings. The molecule has 0 spiro atoms. The second-order valence-electron chi connectivity index (χ2n) is 7.58. The van der Waals surface area contributed by atoms with Gasteiger partial charge >= 0.3 is 0 Å². The van der Waals surface area contributed by atoms with Crippen molar-refractivity contribution in [2.75, 3.05) is 13.1 Å². The Labute approximate surface area is 127 Å². The Bertz CT molecular complexity index is 384. The summed E-state index contributed by atoms with van der Waals surface area (Å²) in [7, 11) is 0. The molecule has 0 heterocycles. The summed E-state index contributed by atoms with van der Waals surface area (Å²) in [6, 6.07) is 0. The van der Waals surface area contributed by atoms with Gasteiger partial charge in [-0.25, -0.2) is 0 Å². The molecule has 0 aliphatic heterocycles. The fraction of sp³-hybridized carbons (Fsp3) is 0.882. The summed E-state index contributed by atoms with van der Waals surface area (Å²) in [6.07, 6.45) is 9.25. The van der Waals surface area contributed by atoms with Gasteiger partial charge in [-0.05, 0) is 62.7 Å². The molecule has 0 aromatic heterocycles. The van der Waals surface area contributed by atoms with E-state index in [1.165, 1.54) is 19.3 Å². The van der Waals surface area contributed by atoms with Crippen LogP contribution in [0.4, 0.5) is 0 Å². The molecule has 118 valence electrons. The van der Waals surface area contributed by atoms with E-state index >= 15 is 0 Å². The fourth-order valence-corrected chi connectivity index (χ4v) is 5.20. The number of amides is 2. The third kappa shape index (κ3) is 3.09. The molecule has 0 radical (unpaired) electrons. The third-order valence-corrected chi connectivity index (χ3v) is 5.78. The molecule has 0 unspecified atom stereocenters. The lowest BCUT2D eigenvalue weighted by Crippen LogP contribution is -2.54. The van der Waals surface area contributed by atoms with Crippen LogP contribution in [0.2, 0.25) is 0 Å². The number of nitrogens with one attached hydrogen (secondary N) is 2. The topological polar surface area (TPSA) is 58.2 Å². The average Bonchev–Trinajstić information content (AvgIpc) is 2.43. The van der Waals surface area contributed by atoms with Crippen molar-refractivity contribution in [2.45, 2.75) is 58.3 Å². The summed E-state index contributed by atoms with van der Waals surface area (Å²) >= 11 is 0. The Morgan fingerprint density at radius 1 is 1.00 bits per heavy atom. The van der Waals surface area contributed by atoms with E-state index in [9.17, 15) is 9.59 Å². The second-order valence-corrected chi connectivity index (χ2v) is 7.58. The van der Waals surface area contributed by atoms with Crippen LogP contribution in [0.15, 0.2) is 0 Å². The van der Waals surface area contributed by atoms with E-state index in [2.05, 4.69) is 17.6 Å². The number of unbranched alkanes of at least 4 members (excludes halogenated alkanes) is 1. The summed E-state index contributed by atoms with van der Waals surface area (Å²) in [4.78, 5) is 24.4. The third-order valence-electron chi connectivity index (χ3n) is 5.78. The first-order valence-electron chi connectivity index (χ1n) is 8.66. The van der Waals surface area contributed by atoms with Crippen LogP contribution in [-0.4, -0.2) is 24.9 Å². The first-order valence-corrected chi connectivity index (χ1v) is 8.66. The lowest BCUT2D eigenvalue weighted by atomic mass is 9.49. The van der Waals surface area contributed by atoms with Crippen LogP contribution in [-0.2, 0) is 9.59 Å². The molecule has 4 fully saturated rings. The highest BCUT2D eigenvalue weighted by molar-refractivity contribution is 5.88. The van der Waals surface area contributed by atoms with Crippen molar-refractivity contribution < 1.29 is 9.59 Å². The van der Waals surface area contributed by atoms with Crippen LogP contribution in [0.3, 0.4) is 0 Å². The Kier molecular flexibility index (Phi) is 4.23. The maximum absolute atomic E-state index is 12.6. The predicted octanol–water partition coefficient (Wildman–Crippen LogP) is 2.24. The van der Waals surface area contributed by atoms with Crippen LogP contribution in [0.5, 0.6) is 0 Å². The first kappa shape index (κ1) is 14.9. The van der Waals surface area contributed by atoms with Crippen molar-refractivity contribution in [3.63, 3.8) is 0 Å². The summed E-state index contributed by atoms with van der Waals surface area (Å²) in [6.45, 7) is 2.95. The van der Waals surface area contributed by atoms with Gasteiger partial charge in [0, 0.05) is 12.0 Å². The predicted molar refractivity (Wildman–Crippen MR) is 81.5 cm³/mol. The van der Waals surface area contributed by atoms with Gasteiger partial charge < -0.3 is 10.6 Å². The molecule has 4 bridgehead atoms. The largest absolute Gasteiger partial charge is 0.355 e. The van der Waals surface area contributed by atoms with Crippen molar-refractivity contribution in [1.82, 2.24) is 10.6 Å². The zero-order valence-electron chi connectivity index (χ0n) is 13.1. The molecule has 0 saturated heterocycles. The van der Waals surface area contributed by atoms with Crippen molar-refractivity contribution in [3.05, 3.63) is 0 Å². The molecular formula is C17H28N2O2. The van der Waals surface area contributed by atoms with Gasteiger partial charge in [-0.1, -0.05) is 13.3 Å². The molecular weight excluding hydrogens is 264 g/mol. The standard InChI is InChI=1S/C17H28N2O2/c1-2-3-4-18-15(20)11-19-16(21)17-8-12-5-13(9-17)7-14(6-12)10-17/h12-14H,2-11H2,1H3,(H,18,20)(H,19,21). The van der Waals surface area contributed by atoms with E-state index in [-0.39, 0.29) is 23.8 Å². The first-order chi connectivity index (χ1) is 10.1. The number of hydrogen-bond acceptors (Lipinski definition) is 2. The molecule has 4 heteroatoms. The molecule has 4 saturated carbocycles. The highest BCUT2D eigenvalue weighted by Crippen LogP contribution is 2.60. The Morgan fingerprint density at radius 2 is 1.57 bits per heavy atom. The van der Waals surface area contributed by atoms with Gasteiger partial charge in [0.25, 0.3) is 0 Å². The van der Waals surface area contributed by atoms with Crippen LogP contribution in [0.25, 0.3) is 0 Å². The van der Waals surface area contributed by atoms with Crippen LogP contribution >= 0.6 is 0 Å². The van der Waals surface area contributed by atoms with Gasteiger partial charge in [-0.2, -0.15) is 0 Å². The quantitative estimate of drug-likeness (QED) is 0.738. The SMILES string of the molecule is CCCCNC(=O)CNC(=O)C12CC3CC(CC(C3)C1)C2. The molecule has 4 rings (SSSR count). The highest BCUT2D eigenvalue weighted by atomic mass is 16.2. The fourth-order valence-electron chi connectivity index (χ4n) is 5.20. The second kappa shape index (κ2) is 5.98. The molecule has 4 aliphatic carbocycles. The summed E-state index contributed by atoms with van der Waals surface area (Å²) in [5.41, 5.74) is -0.140. The van der Waals surface area contributed by atoms with Gasteiger partial charge in [0.1, 0.15) is 0 Å². The van der Waals surface area contributed by atoms with E-state index in [1.807, 2.05) is 0 Å². The summed E-state index contributed by atoms with van der Waals surface area (Å²) < 4.78 is 0. The Balaban J connectivity index is 1.50. The molecule has 4 nitrogen and oxygen atoms in total. The molecule has 2 N–H and O–H groups in total. The zero-order chi connectivity index (χ0) is 14.9. The van der Waals surface area contributed by atoms with Crippen molar-refractivity contribution >= 4 is 11.8 Å². The molecule has 0 aromatic carbocycles. The number of carbonyl (C=O) groups is 2. The average molecular weight is 292 g/mol. The molecule has 21 heavy (non-hydrogen) atoms. The lowest BCUT2D eigenvalue weighted by molar-refractivity contribution is -0.147. The van der Waals surface area contributed by atoms with Crippen LogP contribution in [0.1, 0.15) is 58.3 Å². The Morgan fingerprint density at radius 3 is 2.10 bits per heavy atom. The minimum Gasteiger partial charge on any atom is -0.355 e. The van der Waals surface area contributed by atoms with Crippen molar-refractivity contribution in [2.24, 2.45) is 23.2 Å². The molecule has 0 atom stereocenters. The Hall–Kier alpha value is -1.06. The van der Waals surface area contributed by atoms with E-state index in [1.54, 1.807) is 0 Å². The summed E-state index contributed by atoms with van der Waals surface area (Å²) in [5, 5.41) is 5.77. The smallest absolute Gasteiger partial charge is 0.239 e. The van der Waals surface area contributed by atoms with E-state index in [0.717, 1.165) is 49.9 Å². The van der Waals surface area contributed by atoms with E-state index in [0.29, 0.717) is 6.54 Å². The van der Waals surface area contributed by atoms with E-state index in [4.69, 9.17) is 0 Å². The highest BCUT2D eigenvalue weighted by Gasteiger charge is 2.54. The van der Waals surface area contributed by atoms with Gasteiger partial charge in [0.15, 0.2) is 0 Å².